The van der Waals surface area contributed by atoms with E-state index >= 15 is 0 Å². The van der Waals surface area contributed by atoms with Gasteiger partial charge in [-0.05, 0) is 5.92 Å². The van der Waals surface area contributed by atoms with Crippen LogP contribution in [0.3, 0.4) is 0 Å². The molecule has 1 aromatic carbocycles. The van der Waals surface area contributed by atoms with Crippen molar-refractivity contribution in [3.8, 4) is 11.4 Å². The number of methoxy groups -OCH3 is 1. The average molecular weight is 400 g/mol. The number of nitrogens with one attached hydrogen (secondary N) is 2. The lowest BCUT2D eigenvalue weighted by Gasteiger charge is -2.20. The Morgan fingerprint density at radius 1 is 1.17 bits per heavy atom. The predicted octanol–water partition coefficient (Wildman–Crippen LogP) is 1.18. The van der Waals surface area contributed by atoms with Crippen LogP contribution in [0, 0.1) is 5.92 Å². The molecular formula is C20H24N4O5. The highest BCUT2D eigenvalue weighted by Crippen LogP contribution is 2.16. The summed E-state index contributed by atoms with van der Waals surface area (Å²) in [6, 6.07) is 8.02. The highest BCUT2D eigenvalue weighted by molar-refractivity contribution is 5.88. The second kappa shape index (κ2) is 9.63. The van der Waals surface area contributed by atoms with E-state index in [4.69, 9.17) is 4.74 Å². The summed E-state index contributed by atoms with van der Waals surface area (Å²) in [4.78, 5) is 53.0. The van der Waals surface area contributed by atoms with Gasteiger partial charge in [0.05, 0.1) is 13.3 Å². The topological polar surface area (TPSA) is 119 Å². The fraction of sp³-hybridized carbons (Fsp3) is 0.350. The Kier molecular flexibility index (Phi) is 7.24. The molecular weight excluding hydrogens is 376 g/mol. The standard InChI is InChI=1S/C20H24N4O5/c1-12(2)17(20(28)29-4)23-16(26)11-24-18(14-8-6-5-7-9-14)21-10-15(19(24)27)22-13(3)25/h5-10,12,17H,11H2,1-4H3,(H,22,25)(H,23,26)/t17-/m0/s1. The molecule has 0 aliphatic heterocycles. The smallest absolute Gasteiger partial charge is 0.328 e. The van der Waals surface area contributed by atoms with Gasteiger partial charge in [-0.3, -0.25) is 19.0 Å². The summed E-state index contributed by atoms with van der Waals surface area (Å²) in [5.41, 5.74) is 0.00174. The molecule has 0 radical (unpaired) electrons. The minimum atomic E-state index is -0.852. The fourth-order valence-electron chi connectivity index (χ4n) is 2.72. The first-order valence-corrected chi connectivity index (χ1v) is 9.04. The van der Waals surface area contributed by atoms with Gasteiger partial charge in [0, 0.05) is 12.5 Å². The highest BCUT2D eigenvalue weighted by atomic mass is 16.5. The molecule has 2 N–H and O–H groups in total. The van der Waals surface area contributed by atoms with Gasteiger partial charge in [0.1, 0.15) is 24.1 Å². The number of esters is 1. The van der Waals surface area contributed by atoms with Crippen molar-refractivity contribution in [1.82, 2.24) is 14.9 Å². The van der Waals surface area contributed by atoms with Crippen molar-refractivity contribution in [1.29, 1.82) is 0 Å². The van der Waals surface area contributed by atoms with E-state index in [0.29, 0.717) is 5.56 Å². The van der Waals surface area contributed by atoms with Crippen LogP contribution in [0.25, 0.3) is 11.4 Å². The minimum Gasteiger partial charge on any atom is -0.467 e. The van der Waals surface area contributed by atoms with Crippen molar-refractivity contribution in [2.45, 2.75) is 33.4 Å². The zero-order valence-electron chi connectivity index (χ0n) is 16.8. The molecule has 154 valence electrons. The molecule has 0 bridgehead atoms. The molecule has 2 aromatic rings. The van der Waals surface area contributed by atoms with E-state index in [-0.39, 0.29) is 24.0 Å². The first kappa shape index (κ1) is 21.8. The van der Waals surface area contributed by atoms with Crippen LogP contribution >= 0.6 is 0 Å². The number of aromatic nitrogens is 2. The number of hydrogen-bond acceptors (Lipinski definition) is 6. The summed E-state index contributed by atoms with van der Waals surface area (Å²) in [7, 11) is 1.24. The number of rotatable bonds is 7. The minimum absolute atomic E-state index is 0.0432. The van der Waals surface area contributed by atoms with E-state index in [2.05, 4.69) is 15.6 Å². The predicted molar refractivity (Wildman–Crippen MR) is 107 cm³/mol. The number of nitrogens with zero attached hydrogens (tertiary/aromatic N) is 2. The summed E-state index contributed by atoms with van der Waals surface area (Å²) < 4.78 is 5.88. The maximum absolute atomic E-state index is 12.9. The fourth-order valence-corrected chi connectivity index (χ4v) is 2.72. The number of carbonyl (C=O) groups excluding carboxylic acids is 3. The van der Waals surface area contributed by atoms with Gasteiger partial charge in [0.15, 0.2) is 0 Å². The Hall–Kier alpha value is -3.49. The van der Waals surface area contributed by atoms with Crippen LogP contribution in [0.1, 0.15) is 20.8 Å². The van der Waals surface area contributed by atoms with Gasteiger partial charge < -0.3 is 15.4 Å². The molecule has 2 rings (SSSR count). The van der Waals surface area contributed by atoms with Crippen molar-refractivity contribution in [2.75, 3.05) is 12.4 Å². The maximum atomic E-state index is 12.9. The van der Waals surface area contributed by atoms with E-state index in [0.717, 1.165) is 4.57 Å². The molecule has 1 heterocycles. The zero-order chi connectivity index (χ0) is 21.6. The van der Waals surface area contributed by atoms with Crippen molar-refractivity contribution in [3.63, 3.8) is 0 Å². The van der Waals surface area contributed by atoms with Crippen molar-refractivity contribution in [2.24, 2.45) is 5.92 Å². The highest BCUT2D eigenvalue weighted by Gasteiger charge is 2.25. The second-order valence-corrected chi connectivity index (χ2v) is 6.75. The molecule has 1 aromatic heterocycles. The van der Waals surface area contributed by atoms with E-state index in [1.54, 1.807) is 38.1 Å². The van der Waals surface area contributed by atoms with E-state index in [9.17, 15) is 19.2 Å². The van der Waals surface area contributed by atoms with Crippen LogP contribution in [0.5, 0.6) is 0 Å². The van der Waals surface area contributed by atoms with Crippen LogP contribution in [0.2, 0.25) is 0 Å². The van der Waals surface area contributed by atoms with Crippen molar-refractivity contribution >= 4 is 23.5 Å². The second-order valence-electron chi connectivity index (χ2n) is 6.75. The normalized spacial score (nSPS) is 11.6. The lowest BCUT2D eigenvalue weighted by Crippen LogP contribution is -2.47. The molecule has 9 heteroatoms. The van der Waals surface area contributed by atoms with Crippen molar-refractivity contribution < 1.29 is 19.1 Å². The molecule has 2 amide bonds. The third-order valence-electron chi connectivity index (χ3n) is 4.13. The van der Waals surface area contributed by atoms with Gasteiger partial charge in [-0.25, -0.2) is 9.78 Å². The Morgan fingerprint density at radius 3 is 2.38 bits per heavy atom. The first-order chi connectivity index (χ1) is 13.7. The molecule has 0 saturated carbocycles. The van der Waals surface area contributed by atoms with Gasteiger partial charge in [0.2, 0.25) is 11.8 Å². The van der Waals surface area contributed by atoms with Crippen LogP contribution in [0.15, 0.2) is 41.3 Å². The van der Waals surface area contributed by atoms with E-state index in [1.807, 2.05) is 6.07 Å². The number of anilines is 1. The van der Waals surface area contributed by atoms with Crippen LogP contribution in [0.4, 0.5) is 5.69 Å². The van der Waals surface area contributed by atoms with Gasteiger partial charge in [-0.2, -0.15) is 0 Å². The third-order valence-corrected chi connectivity index (χ3v) is 4.13. The Labute approximate surface area is 168 Å². The zero-order valence-corrected chi connectivity index (χ0v) is 16.8. The monoisotopic (exact) mass is 400 g/mol. The average Bonchev–Trinajstić information content (AvgIpc) is 2.68. The largest absolute Gasteiger partial charge is 0.467 e. The SMILES string of the molecule is COC(=O)[C@@H](NC(=O)Cn1c(-c2ccccc2)ncc(NC(C)=O)c1=O)C(C)C. The maximum Gasteiger partial charge on any atom is 0.328 e. The number of amides is 2. The van der Waals surface area contributed by atoms with Gasteiger partial charge in [-0.1, -0.05) is 44.2 Å². The molecule has 0 aliphatic carbocycles. The van der Waals surface area contributed by atoms with Crippen LogP contribution in [-0.2, 0) is 25.7 Å². The Morgan fingerprint density at radius 2 is 1.83 bits per heavy atom. The number of benzene rings is 1. The Bertz CT molecular complexity index is 953. The lowest BCUT2D eigenvalue weighted by molar-refractivity contribution is -0.146. The van der Waals surface area contributed by atoms with Crippen LogP contribution < -0.4 is 16.2 Å². The van der Waals surface area contributed by atoms with Crippen molar-refractivity contribution in [3.05, 3.63) is 46.9 Å². The van der Waals surface area contributed by atoms with Gasteiger partial charge in [-0.15, -0.1) is 0 Å². The van der Waals surface area contributed by atoms with E-state index < -0.39 is 29.4 Å². The first-order valence-electron chi connectivity index (χ1n) is 9.04. The molecule has 0 saturated heterocycles. The lowest BCUT2D eigenvalue weighted by atomic mass is 10.0. The molecule has 0 unspecified atom stereocenters. The molecule has 29 heavy (non-hydrogen) atoms. The summed E-state index contributed by atoms with van der Waals surface area (Å²) >= 11 is 0. The molecule has 0 fully saturated rings. The summed E-state index contributed by atoms with van der Waals surface area (Å²) in [5.74, 6) is -1.51. The molecule has 1 atom stereocenters. The number of hydrogen-bond donors (Lipinski definition) is 2. The third kappa shape index (κ3) is 5.50. The molecule has 0 spiro atoms. The number of ether oxygens (including phenoxy) is 1. The van der Waals surface area contributed by atoms with E-state index in [1.165, 1.54) is 20.2 Å². The summed E-state index contributed by atoms with van der Waals surface area (Å²) in [6.07, 6.45) is 1.26. The Balaban J connectivity index is 2.43. The quantitative estimate of drug-likeness (QED) is 0.674. The van der Waals surface area contributed by atoms with Crippen LogP contribution in [-0.4, -0.2) is 40.5 Å². The van der Waals surface area contributed by atoms with Gasteiger partial charge in [0.25, 0.3) is 5.56 Å². The summed E-state index contributed by atoms with van der Waals surface area (Å²) in [6.45, 7) is 4.42. The molecule has 0 aliphatic rings. The molecule has 9 nitrogen and oxygen atoms in total. The number of carbonyl (C=O) groups is 3. The summed E-state index contributed by atoms with van der Waals surface area (Å²) in [5, 5.41) is 5.00. The van der Waals surface area contributed by atoms with Gasteiger partial charge >= 0.3 is 5.97 Å².